The zero-order chi connectivity index (χ0) is 19.2. The molecule has 1 aliphatic rings. The molecule has 0 saturated carbocycles. The number of alkyl halides is 5. The van der Waals surface area contributed by atoms with Crippen LogP contribution < -0.4 is 4.74 Å². The molecule has 0 fully saturated rings. The summed E-state index contributed by atoms with van der Waals surface area (Å²) in [6.07, 6.45) is -6.40. The number of halogens is 6. The Balaban J connectivity index is 2.14. The van der Waals surface area contributed by atoms with Gasteiger partial charge in [0.2, 0.25) is 6.17 Å². The minimum Gasteiger partial charge on any atom is -0.457 e. The third-order valence-electron chi connectivity index (χ3n) is 3.63. The highest BCUT2D eigenvalue weighted by molar-refractivity contribution is 7.86. The first-order valence-electron chi connectivity index (χ1n) is 6.94. The van der Waals surface area contributed by atoms with Crippen LogP contribution in [-0.2, 0) is 10.8 Å². The molecule has 0 N–H and O–H groups in total. The Morgan fingerprint density at radius 2 is 1.92 bits per heavy atom. The zero-order valence-corrected chi connectivity index (χ0v) is 13.3. The van der Waals surface area contributed by atoms with Crippen LogP contribution in [0.5, 0.6) is 11.5 Å². The minimum absolute atomic E-state index is 0.168. The lowest BCUT2D eigenvalue weighted by molar-refractivity contribution is 0.0143. The molecule has 0 aliphatic carbocycles. The first-order chi connectivity index (χ1) is 12.2. The van der Waals surface area contributed by atoms with E-state index in [2.05, 4.69) is 0 Å². The smallest absolute Gasteiger partial charge is 0.360 e. The van der Waals surface area contributed by atoms with Crippen LogP contribution >= 0.6 is 0 Å². The van der Waals surface area contributed by atoms with E-state index in [9.17, 15) is 30.6 Å². The lowest BCUT2D eigenvalue weighted by Gasteiger charge is -2.14. The molecular formula is C16H7F6NO2S. The molecule has 0 spiro atoms. The van der Waals surface area contributed by atoms with Gasteiger partial charge >= 0.3 is 5.25 Å². The first-order valence-corrected chi connectivity index (χ1v) is 8.09. The Morgan fingerprint density at radius 3 is 2.54 bits per heavy atom. The third-order valence-corrected chi connectivity index (χ3v) is 5.16. The number of hydrogen-bond acceptors (Lipinski definition) is 3. The first kappa shape index (κ1) is 18.3. The molecule has 3 rings (SSSR count). The highest BCUT2D eigenvalue weighted by atomic mass is 32.2. The van der Waals surface area contributed by atoms with E-state index in [0.29, 0.717) is 0 Å². The number of ether oxygens (including phenoxy) is 1. The van der Waals surface area contributed by atoms with Gasteiger partial charge in [-0.25, -0.2) is 21.8 Å². The van der Waals surface area contributed by atoms with E-state index in [1.54, 1.807) is 6.07 Å². The van der Waals surface area contributed by atoms with Gasteiger partial charge in [-0.05, 0) is 18.2 Å². The van der Waals surface area contributed by atoms with Crippen molar-refractivity contribution in [1.82, 2.24) is 0 Å². The summed E-state index contributed by atoms with van der Waals surface area (Å²) in [5.41, 5.74) is -2.14. The lowest BCUT2D eigenvalue weighted by atomic mass is 10.1. The van der Waals surface area contributed by atoms with Crippen molar-refractivity contribution in [3.8, 4) is 17.6 Å². The van der Waals surface area contributed by atoms with Crippen LogP contribution in [0.2, 0.25) is 0 Å². The lowest BCUT2D eigenvalue weighted by Crippen LogP contribution is -2.22. The van der Waals surface area contributed by atoms with Gasteiger partial charge in [0.1, 0.15) is 28.1 Å². The number of nitrogens with zero attached hydrogens (tertiary/aromatic N) is 1. The molecule has 0 aromatic heterocycles. The second-order valence-corrected chi connectivity index (χ2v) is 6.77. The predicted molar refractivity (Wildman–Crippen MR) is 77.8 cm³/mol. The quantitative estimate of drug-likeness (QED) is 0.680. The fraction of sp³-hybridized carbons (Fsp3) is 0.188. The maximum atomic E-state index is 13.8. The van der Waals surface area contributed by atoms with E-state index in [1.807, 2.05) is 0 Å². The van der Waals surface area contributed by atoms with E-state index >= 15 is 0 Å². The normalized spacial score (nSPS) is 20.7. The van der Waals surface area contributed by atoms with Crippen LogP contribution in [0.3, 0.4) is 0 Å². The summed E-state index contributed by atoms with van der Waals surface area (Å²) in [6, 6.07) is 5.90. The molecule has 2 atom stereocenters. The highest BCUT2D eigenvalue weighted by Crippen LogP contribution is 2.53. The van der Waals surface area contributed by atoms with Crippen LogP contribution in [0.15, 0.2) is 35.2 Å². The second kappa shape index (κ2) is 6.32. The Labute approximate surface area is 145 Å². The van der Waals surface area contributed by atoms with Gasteiger partial charge in [0.25, 0.3) is 6.43 Å². The molecule has 0 saturated heterocycles. The van der Waals surface area contributed by atoms with E-state index in [4.69, 9.17) is 10.00 Å². The van der Waals surface area contributed by atoms with Crippen molar-refractivity contribution in [3.05, 3.63) is 52.8 Å². The molecule has 10 heteroatoms. The van der Waals surface area contributed by atoms with Gasteiger partial charge in [0.15, 0.2) is 0 Å². The van der Waals surface area contributed by atoms with E-state index in [0.717, 1.165) is 30.3 Å². The number of hydrogen-bond donors (Lipinski definition) is 0. The molecule has 136 valence electrons. The zero-order valence-electron chi connectivity index (χ0n) is 12.5. The number of fused-ring (bicyclic) bond motifs is 1. The molecule has 1 heterocycles. The summed E-state index contributed by atoms with van der Waals surface area (Å²) < 4.78 is 98.3. The molecule has 2 aromatic rings. The minimum atomic E-state index is -4.35. The molecule has 0 bridgehead atoms. The average molecular weight is 391 g/mol. The van der Waals surface area contributed by atoms with E-state index in [-0.39, 0.29) is 11.3 Å². The van der Waals surface area contributed by atoms with Gasteiger partial charge in [-0.1, -0.05) is 6.07 Å². The Morgan fingerprint density at radius 1 is 1.23 bits per heavy atom. The maximum Gasteiger partial charge on any atom is 0.360 e. The topological polar surface area (TPSA) is 50.1 Å². The Kier molecular flexibility index (Phi) is 4.44. The van der Waals surface area contributed by atoms with Gasteiger partial charge in [-0.15, -0.1) is 0 Å². The molecule has 0 radical (unpaired) electrons. The molecule has 26 heavy (non-hydrogen) atoms. The Hall–Kier alpha value is -2.54. The maximum absolute atomic E-state index is 13.8. The van der Waals surface area contributed by atoms with Gasteiger partial charge in [-0.3, -0.25) is 0 Å². The molecule has 2 aromatic carbocycles. The molecule has 3 nitrogen and oxygen atoms in total. The fourth-order valence-corrected chi connectivity index (χ4v) is 3.89. The predicted octanol–water partition coefficient (Wildman–Crippen LogP) is 5.15. The highest BCUT2D eigenvalue weighted by Gasteiger charge is 2.57. The molecule has 1 unspecified atom stereocenters. The molecular weight excluding hydrogens is 384 g/mol. The van der Waals surface area contributed by atoms with Gasteiger partial charge in [0.05, 0.1) is 22.1 Å². The number of rotatable bonds is 3. The largest absolute Gasteiger partial charge is 0.457 e. The fourth-order valence-electron chi connectivity index (χ4n) is 2.52. The van der Waals surface area contributed by atoms with Crippen LogP contribution in [-0.4, -0.2) is 9.46 Å². The van der Waals surface area contributed by atoms with Crippen molar-refractivity contribution in [2.45, 2.75) is 22.7 Å². The summed E-state index contributed by atoms with van der Waals surface area (Å²) in [7, 11) is -3.34. The van der Waals surface area contributed by atoms with Crippen LogP contribution in [0.25, 0.3) is 0 Å². The number of benzene rings is 2. The summed E-state index contributed by atoms with van der Waals surface area (Å²) in [5, 5.41) is 4.44. The second-order valence-electron chi connectivity index (χ2n) is 5.28. The van der Waals surface area contributed by atoms with Crippen molar-refractivity contribution in [2.24, 2.45) is 0 Å². The SMILES string of the molecule is N#Cc1cc(F)cc(Oc2ccc3c(c2C(F)F)S(=O)C(F)(F)[C@H]3F)c1. The standard InChI is InChI=1S/C16H7F6NO2S/c17-8-3-7(6-23)4-9(5-8)25-11-2-1-10-13(12(11)15(19)20)26(24)16(21,22)14(10)18/h1-5,14-15H/t14-,26?/m0/s1. The van der Waals surface area contributed by atoms with Gasteiger partial charge < -0.3 is 4.74 Å². The van der Waals surface area contributed by atoms with E-state index in [1.165, 1.54) is 0 Å². The van der Waals surface area contributed by atoms with Crippen molar-refractivity contribution < 1.29 is 35.3 Å². The average Bonchev–Trinajstić information content (AvgIpc) is 2.74. The molecule has 1 aliphatic heterocycles. The van der Waals surface area contributed by atoms with Gasteiger partial charge in [0, 0.05) is 11.6 Å². The van der Waals surface area contributed by atoms with Crippen molar-refractivity contribution in [1.29, 1.82) is 5.26 Å². The summed E-state index contributed by atoms with van der Waals surface area (Å²) in [6.45, 7) is 0. The van der Waals surface area contributed by atoms with E-state index < -0.39 is 56.2 Å². The summed E-state index contributed by atoms with van der Waals surface area (Å²) in [4.78, 5) is -1.04. The van der Waals surface area contributed by atoms with Crippen molar-refractivity contribution in [2.75, 3.05) is 0 Å². The summed E-state index contributed by atoms with van der Waals surface area (Å²) in [5.74, 6) is -1.93. The van der Waals surface area contributed by atoms with Crippen molar-refractivity contribution in [3.63, 3.8) is 0 Å². The third kappa shape index (κ3) is 2.82. The van der Waals surface area contributed by atoms with Crippen LogP contribution in [0.1, 0.15) is 29.3 Å². The number of nitriles is 1. The monoisotopic (exact) mass is 391 g/mol. The summed E-state index contributed by atoms with van der Waals surface area (Å²) >= 11 is 0. The van der Waals surface area contributed by atoms with Crippen LogP contribution in [0.4, 0.5) is 26.3 Å². The van der Waals surface area contributed by atoms with Crippen LogP contribution in [0, 0.1) is 17.1 Å². The molecule has 0 amide bonds. The van der Waals surface area contributed by atoms with Crippen molar-refractivity contribution >= 4 is 10.8 Å². The van der Waals surface area contributed by atoms with Gasteiger partial charge in [-0.2, -0.15) is 14.0 Å². The Bertz CT molecular complexity index is 956.